The molecule has 0 radical (unpaired) electrons. The summed E-state index contributed by atoms with van der Waals surface area (Å²) in [4.78, 5) is 22.6. The normalized spacial score (nSPS) is 14.8. The molecule has 0 fully saturated rings. The summed E-state index contributed by atoms with van der Waals surface area (Å²) >= 11 is 0. The predicted octanol–water partition coefficient (Wildman–Crippen LogP) is -0.453. The van der Waals surface area contributed by atoms with E-state index >= 15 is 0 Å². The average Bonchev–Trinajstić information content (AvgIpc) is 2.24. The van der Waals surface area contributed by atoms with Gasteiger partial charge in [-0.05, 0) is 6.42 Å². The van der Waals surface area contributed by atoms with E-state index in [1.165, 1.54) is 0 Å². The topological polar surface area (TPSA) is 124 Å². The number of hydrogen-bond acceptors (Lipinski definition) is 6. The summed E-state index contributed by atoms with van der Waals surface area (Å²) in [5, 5.41) is 8.94. The van der Waals surface area contributed by atoms with E-state index < -0.39 is 39.5 Å². The fraction of sp³-hybridized carbons (Fsp3) is 0.800. The number of aliphatic carboxylic acids is 1. The van der Waals surface area contributed by atoms with Crippen molar-refractivity contribution in [2.24, 2.45) is 5.73 Å². The van der Waals surface area contributed by atoms with Gasteiger partial charge in [0.25, 0.3) is 0 Å². The largest absolute Gasteiger partial charge is 0.479 e. The summed E-state index contributed by atoms with van der Waals surface area (Å²) in [7, 11) is -3.40. The number of carbonyl (C=O) groups excluding carboxylic acids is 1. The Kier molecular flexibility index (Phi) is 6.27. The van der Waals surface area contributed by atoms with E-state index in [2.05, 4.69) is 0 Å². The lowest BCUT2D eigenvalue weighted by Crippen LogP contribution is -2.56. The highest BCUT2D eigenvalue weighted by Gasteiger charge is 2.44. The molecule has 1 atom stereocenters. The molecule has 0 aliphatic carbocycles. The molecule has 0 aromatic heterocycles. The van der Waals surface area contributed by atoms with Crippen LogP contribution in [0.15, 0.2) is 0 Å². The summed E-state index contributed by atoms with van der Waals surface area (Å²) in [6, 6.07) is 0. The molecule has 0 spiro atoms. The standard InChI is InChI=1S/C10H19NO6S/c1-3-4-6-17-9(14)10(11,8(12)13)5-7-18(2,15)16/h3-7,11H2,1-2H3,(H,12,13). The third kappa shape index (κ3) is 5.46. The van der Waals surface area contributed by atoms with Crippen molar-refractivity contribution in [1.82, 2.24) is 0 Å². The molecule has 0 saturated heterocycles. The van der Waals surface area contributed by atoms with Gasteiger partial charge in [-0.1, -0.05) is 13.3 Å². The molecule has 0 heterocycles. The molecule has 0 saturated carbocycles. The van der Waals surface area contributed by atoms with Gasteiger partial charge in [0.2, 0.25) is 5.54 Å². The van der Waals surface area contributed by atoms with Gasteiger partial charge in [-0.3, -0.25) is 0 Å². The number of nitrogens with two attached hydrogens (primary N) is 1. The maximum absolute atomic E-state index is 11.6. The number of rotatable bonds is 8. The number of unbranched alkanes of at least 4 members (excludes halogenated alkanes) is 1. The first kappa shape index (κ1) is 16.9. The SMILES string of the molecule is CCCCOC(=O)C(N)(CCS(C)(=O)=O)C(=O)O. The number of esters is 1. The van der Waals surface area contributed by atoms with Gasteiger partial charge in [-0.2, -0.15) is 0 Å². The molecule has 7 nitrogen and oxygen atoms in total. The van der Waals surface area contributed by atoms with E-state index in [-0.39, 0.29) is 6.61 Å². The van der Waals surface area contributed by atoms with Crippen LogP contribution in [-0.4, -0.2) is 49.6 Å². The van der Waals surface area contributed by atoms with Gasteiger partial charge in [0.05, 0.1) is 12.4 Å². The van der Waals surface area contributed by atoms with Crippen LogP contribution in [0.2, 0.25) is 0 Å². The zero-order valence-electron chi connectivity index (χ0n) is 10.5. The highest BCUT2D eigenvalue weighted by molar-refractivity contribution is 7.90. The zero-order chi connectivity index (χ0) is 14.4. The van der Waals surface area contributed by atoms with Crippen molar-refractivity contribution in [3.8, 4) is 0 Å². The fourth-order valence-electron chi connectivity index (χ4n) is 1.08. The Labute approximate surface area is 106 Å². The van der Waals surface area contributed by atoms with Crippen LogP contribution in [-0.2, 0) is 24.2 Å². The second kappa shape index (κ2) is 6.69. The molecule has 106 valence electrons. The second-order valence-corrected chi connectivity index (χ2v) is 6.41. The lowest BCUT2D eigenvalue weighted by molar-refractivity contribution is -0.161. The minimum Gasteiger partial charge on any atom is -0.479 e. The number of carbonyl (C=O) groups is 2. The predicted molar refractivity (Wildman–Crippen MR) is 64.7 cm³/mol. The van der Waals surface area contributed by atoms with Crippen LogP contribution in [0.3, 0.4) is 0 Å². The highest BCUT2D eigenvalue weighted by Crippen LogP contribution is 2.12. The van der Waals surface area contributed by atoms with Crippen molar-refractivity contribution in [1.29, 1.82) is 0 Å². The van der Waals surface area contributed by atoms with Crippen LogP contribution in [0, 0.1) is 0 Å². The highest BCUT2D eigenvalue weighted by atomic mass is 32.2. The van der Waals surface area contributed by atoms with E-state index in [0.717, 1.165) is 12.7 Å². The van der Waals surface area contributed by atoms with Gasteiger partial charge in [-0.25, -0.2) is 18.0 Å². The zero-order valence-corrected chi connectivity index (χ0v) is 11.3. The minimum atomic E-state index is -3.40. The van der Waals surface area contributed by atoms with E-state index in [0.29, 0.717) is 6.42 Å². The number of hydrogen-bond donors (Lipinski definition) is 2. The molecule has 3 N–H and O–H groups in total. The Balaban J connectivity index is 4.70. The van der Waals surface area contributed by atoms with Gasteiger partial charge in [0.1, 0.15) is 9.84 Å². The summed E-state index contributed by atoms with van der Waals surface area (Å²) in [6.45, 7) is 1.95. The van der Waals surface area contributed by atoms with E-state index in [4.69, 9.17) is 15.6 Å². The Morgan fingerprint density at radius 1 is 1.39 bits per heavy atom. The van der Waals surface area contributed by atoms with Crippen LogP contribution in [0.25, 0.3) is 0 Å². The second-order valence-electron chi connectivity index (χ2n) is 4.15. The molecule has 1 unspecified atom stereocenters. The molecule has 18 heavy (non-hydrogen) atoms. The monoisotopic (exact) mass is 281 g/mol. The lowest BCUT2D eigenvalue weighted by Gasteiger charge is -2.22. The van der Waals surface area contributed by atoms with E-state index in [1.807, 2.05) is 6.92 Å². The number of ether oxygens (including phenoxy) is 1. The van der Waals surface area contributed by atoms with Crippen LogP contribution in [0.1, 0.15) is 26.2 Å². The molecule has 8 heteroatoms. The molecular weight excluding hydrogens is 262 g/mol. The Morgan fingerprint density at radius 2 is 1.94 bits per heavy atom. The van der Waals surface area contributed by atoms with Crippen molar-refractivity contribution in [3.63, 3.8) is 0 Å². The lowest BCUT2D eigenvalue weighted by atomic mass is 9.98. The van der Waals surface area contributed by atoms with Crippen LogP contribution >= 0.6 is 0 Å². The smallest absolute Gasteiger partial charge is 0.337 e. The number of carboxylic acid groups (broad SMARTS) is 1. The summed E-state index contributed by atoms with van der Waals surface area (Å²) in [5.41, 5.74) is 3.13. The third-order valence-electron chi connectivity index (χ3n) is 2.34. The van der Waals surface area contributed by atoms with Crippen LogP contribution < -0.4 is 5.73 Å². The first-order valence-corrected chi connectivity index (χ1v) is 7.56. The van der Waals surface area contributed by atoms with Gasteiger partial charge in [0.15, 0.2) is 0 Å². The van der Waals surface area contributed by atoms with Gasteiger partial charge >= 0.3 is 11.9 Å². The summed E-state index contributed by atoms with van der Waals surface area (Å²) in [6.07, 6.45) is 1.80. The molecule has 0 aliphatic heterocycles. The van der Waals surface area contributed by atoms with Crippen molar-refractivity contribution in [3.05, 3.63) is 0 Å². The summed E-state index contributed by atoms with van der Waals surface area (Å²) in [5.74, 6) is -3.18. The molecule has 0 rings (SSSR count). The number of carboxylic acids is 1. The molecule has 0 aromatic carbocycles. The minimum absolute atomic E-state index is 0.0699. The van der Waals surface area contributed by atoms with Gasteiger partial charge in [0, 0.05) is 12.7 Å². The molecule has 0 aromatic rings. The van der Waals surface area contributed by atoms with Gasteiger partial charge in [-0.15, -0.1) is 0 Å². The number of sulfone groups is 1. The maximum atomic E-state index is 11.6. The van der Waals surface area contributed by atoms with Crippen LogP contribution in [0.4, 0.5) is 0 Å². The molecule has 0 bridgehead atoms. The van der Waals surface area contributed by atoms with Crippen molar-refractivity contribution in [2.45, 2.75) is 31.7 Å². The van der Waals surface area contributed by atoms with Gasteiger partial charge < -0.3 is 15.6 Å². The van der Waals surface area contributed by atoms with Crippen molar-refractivity contribution >= 4 is 21.8 Å². The first-order chi connectivity index (χ1) is 8.13. The Hall–Kier alpha value is -1.15. The molecule has 0 aliphatic rings. The van der Waals surface area contributed by atoms with Crippen LogP contribution in [0.5, 0.6) is 0 Å². The Bertz CT molecular complexity index is 405. The van der Waals surface area contributed by atoms with E-state index in [1.54, 1.807) is 0 Å². The van der Waals surface area contributed by atoms with Crippen molar-refractivity contribution < 1.29 is 27.9 Å². The van der Waals surface area contributed by atoms with Crippen molar-refractivity contribution in [2.75, 3.05) is 18.6 Å². The van der Waals surface area contributed by atoms with E-state index in [9.17, 15) is 18.0 Å². The maximum Gasteiger partial charge on any atom is 0.337 e. The molecular formula is C10H19NO6S. The first-order valence-electron chi connectivity index (χ1n) is 5.50. The molecule has 0 amide bonds. The summed E-state index contributed by atoms with van der Waals surface area (Å²) < 4.78 is 26.7. The fourth-order valence-corrected chi connectivity index (χ4v) is 1.77. The average molecular weight is 281 g/mol. The Morgan fingerprint density at radius 3 is 2.33 bits per heavy atom. The quantitative estimate of drug-likeness (QED) is 0.350. The third-order valence-corrected chi connectivity index (χ3v) is 3.29.